The zero-order valence-corrected chi connectivity index (χ0v) is 8.60. The molecule has 0 bridgehead atoms. The Labute approximate surface area is 85.7 Å². The van der Waals surface area contributed by atoms with Crippen molar-refractivity contribution in [3.8, 4) is 0 Å². The van der Waals surface area contributed by atoms with Crippen LogP contribution in [0.3, 0.4) is 0 Å². The summed E-state index contributed by atoms with van der Waals surface area (Å²) >= 11 is 0.842. The molecule has 1 saturated carbocycles. The SMILES string of the molecule is CCSC(=O)/C(F)=C/OC(=O)C1CC1. The monoisotopic (exact) mass is 218 g/mol. The summed E-state index contributed by atoms with van der Waals surface area (Å²) in [6, 6.07) is 0. The van der Waals surface area contributed by atoms with E-state index in [1.165, 1.54) is 0 Å². The van der Waals surface area contributed by atoms with Gasteiger partial charge in [0.15, 0.2) is 0 Å². The summed E-state index contributed by atoms with van der Waals surface area (Å²) < 4.78 is 17.3. The van der Waals surface area contributed by atoms with E-state index in [2.05, 4.69) is 4.74 Å². The highest BCUT2D eigenvalue weighted by Crippen LogP contribution is 2.30. The van der Waals surface area contributed by atoms with Gasteiger partial charge in [0.05, 0.1) is 5.92 Å². The molecule has 0 radical (unpaired) electrons. The van der Waals surface area contributed by atoms with Crippen molar-refractivity contribution in [2.75, 3.05) is 5.75 Å². The number of hydrogen-bond donors (Lipinski definition) is 0. The van der Waals surface area contributed by atoms with Gasteiger partial charge in [0.2, 0.25) is 5.83 Å². The fourth-order valence-electron chi connectivity index (χ4n) is 0.773. The zero-order chi connectivity index (χ0) is 10.6. The largest absolute Gasteiger partial charge is 0.431 e. The van der Waals surface area contributed by atoms with E-state index in [9.17, 15) is 14.0 Å². The Bertz CT molecular complexity index is 271. The second kappa shape index (κ2) is 5.14. The molecule has 78 valence electrons. The van der Waals surface area contributed by atoms with Crippen LogP contribution in [0, 0.1) is 5.92 Å². The van der Waals surface area contributed by atoms with Crippen molar-refractivity contribution in [3.05, 3.63) is 12.1 Å². The lowest BCUT2D eigenvalue weighted by molar-refractivity contribution is -0.139. The molecule has 0 aromatic carbocycles. The standard InChI is InChI=1S/C9H11FO3S/c1-2-14-9(12)7(10)5-13-8(11)6-3-4-6/h5-6H,2-4H2,1H3/b7-5-. The Hall–Kier alpha value is -0.840. The van der Waals surface area contributed by atoms with Gasteiger partial charge in [-0.2, -0.15) is 4.39 Å². The Morgan fingerprint density at radius 3 is 2.71 bits per heavy atom. The van der Waals surface area contributed by atoms with Crippen molar-refractivity contribution in [3.63, 3.8) is 0 Å². The molecular weight excluding hydrogens is 207 g/mol. The molecule has 0 N–H and O–H groups in total. The second-order valence-electron chi connectivity index (χ2n) is 2.90. The van der Waals surface area contributed by atoms with E-state index in [-0.39, 0.29) is 5.92 Å². The smallest absolute Gasteiger partial charge is 0.313 e. The molecule has 0 unspecified atom stereocenters. The van der Waals surface area contributed by atoms with Crippen LogP contribution in [0.2, 0.25) is 0 Å². The minimum Gasteiger partial charge on any atom is -0.431 e. The summed E-state index contributed by atoms with van der Waals surface area (Å²) in [5.74, 6) is -1.05. The van der Waals surface area contributed by atoms with Gasteiger partial charge in [0, 0.05) is 0 Å². The molecule has 0 atom stereocenters. The highest BCUT2D eigenvalue weighted by atomic mass is 32.2. The Balaban J connectivity index is 2.34. The van der Waals surface area contributed by atoms with Crippen molar-refractivity contribution in [2.24, 2.45) is 5.92 Å². The zero-order valence-electron chi connectivity index (χ0n) is 7.79. The number of carbonyl (C=O) groups excluding carboxylic acids is 2. The summed E-state index contributed by atoms with van der Waals surface area (Å²) in [5, 5.41) is -0.698. The van der Waals surface area contributed by atoms with E-state index in [4.69, 9.17) is 0 Å². The van der Waals surface area contributed by atoms with E-state index in [1.807, 2.05) is 0 Å². The lowest BCUT2D eigenvalue weighted by Gasteiger charge is -1.96. The summed E-state index contributed by atoms with van der Waals surface area (Å²) in [5.41, 5.74) is 0. The molecule has 0 saturated heterocycles. The highest BCUT2D eigenvalue weighted by molar-refractivity contribution is 8.14. The molecule has 5 heteroatoms. The molecule has 1 aliphatic rings. The first kappa shape index (κ1) is 11.2. The fourth-order valence-corrected chi connectivity index (χ4v) is 1.22. The van der Waals surface area contributed by atoms with Crippen molar-refractivity contribution < 1.29 is 18.7 Å². The third-order valence-electron chi connectivity index (χ3n) is 1.66. The van der Waals surface area contributed by atoms with E-state index < -0.39 is 16.9 Å². The van der Waals surface area contributed by atoms with Crippen LogP contribution in [0.1, 0.15) is 19.8 Å². The van der Waals surface area contributed by atoms with E-state index in [0.29, 0.717) is 12.0 Å². The maximum atomic E-state index is 12.8. The minimum atomic E-state index is -1.01. The maximum absolute atomic E-state index is 12.8. The average molecular weight is 218 g/mol. The summed E-state index contributed by atoms with van der Waals surface area (Å²) in [6.45, 7) is 1.74. The van der Waals surface area contributed by atoms with Crippen LogP contribution in [0.5, 0.6) is 0 Å². The Morgan fingerprint density at radius 2 is 2.21 bits per heavy atom. The number of thioether (sulfide) groups is 1. The van der Waals surface area contributed by atoms with Gasteiger partial charge in [0.1, 0.15) is 6.26 Å². The van der Waals surface area contributed by atoms with Crippen LogP contribution < -0.4 is 0 Å². The number of hydrogen-bond acceptors (Lipinski definition) is 4. The fraction of sp³-hybridized carbons (Fsp3) is 0.556. The Kier molecular flexibility index (Phi) is 4.13. The van der Waals surface area contributed by atoms with Crippen LogP contribution >= 0.6 is 11.8 Å². The summed E-state index contributed by atoms with van der Waals surface area (Å²) in [6.07, 6.45) is 2.20. The number of ether oxygens (including phenoxy) is 1. The van der Waals surface area contributed by atoms with Crippen LogP contribution in [0.15, 0.2) is 12.1 Å². The molecule has 0 aromatic heterocycles. The van der Waals surface area contributed by atoms with Crippen molar-refractivity contribution in [2.45, 2.75) is 19.8 Å². The normalized spacial score (nSPS) is 16.6. The van der Waals surface area contributed by atoms with Crippen molar-refractivity contribution >= 4 is 22.8 Å². The molecule has 0 amide bonds. The van der Waals surface area contributed by atoms with Gasteiger partial charge in [-0.25, -0.2) is 0 Å². The molecule has 0 spiro atoms. The molecular formula is C9H11FO3S. The first-order chi connectivity index (χ1) is 6.65. The van der Waals surface area contributed by atoms with Crippen LogP contribution in [0.25, 0.3) is 0 Å². The van der Waals surface area contributed by atoms with Crippen molar-refractivity contribution in [1.82, 2.24) is 0 Å². The van der Waals surface area contributed by atoms with E-state index in [0.717, 1.165) is 24.6 Å². The number of rotatable bonds is 4. The van der Waals surface area contributed by atoms with Gasteiger partial charge in [-0.15, -0.1) is 0 Å². The molecule has 0 heterocycles. The van der Waals surface area contributed by atoms with Crippen LogP contribution in [-0.2, 0) is 14.3 Å². The van der Waals surface area contributed by atoms with Gasteiger partial charge >= 0.3 is 5.97 Å². The van der Waals surface area contributed by atoms with Gasteiger partial charge < -0.3 is 4.74 Å². The van der Waals surface area contributed by atoms with Gasteiger partial charge in [0.25, 0.3) is 5.12 Å². The quantitative estimate of drug-likeness (QED) is 0.411. The van der Waals surface area contributed by atoms with Gasteiger partial charge in [-0.3, -0.25) is 9.59 Å². The molecule has 1 fully saturated rings. The topological polar surface area (TPSA) is 43.4 Å². The predicted molar refractivity (Wildman–Crippen MR) is 51.1 cm³/mol. The number of esters is 1. The predicted octanol–water partition coefficient (Wildman–Crippen LogP) is 2.03. The average Bonchev–Trinajstić information content (AvgIpc) is 2.97. The lowest BCUT2D eigenvalue weighted by Crippen LogP contribution is -2.03. The minimum absolute atomic E-state index is 0.0898. The highest BCUT2D eigenvalue weighted by Gasteiger charge is 2.31. The maximum Gasteiger partial charge on any atom is 0.313 e. The molecule has 3 nitrogen and oxygen atoms in total. The number of halogens is 1. The summed E-state index contributed by atoms with van der Waals surface area (Å²) in [4.78, 5) is 21.8. The van der Waals surface area contributed by atoms with Gasteiger partial charge in [-0.05, 0) is 18.6 Å². The molecule has 1 aliphatic carbocycles. The number of carbonyl (C=O) groups is 2. The molecule has 0 aromatic rings. The molecule has 14 heavy (non-hydrogen) atoms. The first-order valence-electron chi connectivity index (χ1n) is 4.38. The molecule has 1 rings (SSSR count). The van der Waals surface area contributed by atoms with Gasteiger partial charge in [-0.1, -0.05) is 18.7 Å². The Morgan fingerprint density at radius 1 is 1.57 bits per heavy atom. The summed E-state index contributed by atoms with van der Waals surface area (Å²) in [7, 11) is 0. The van der Waals surface area contributed by atoms with Crippen LogP contribution in [0.4, 0.5) is 4.39 Å². The molecule has 0 aliphatic heterocycles. The lowest BCUT2D eigenvalue weighted by atomic mass is 10.4. The third-order valence-corrected chi connectivity index (χ3v) is 2.41. The van der Waals surface area contributed by atoms with E-state index in [1.54, 1.807) is 6.92 Å². The first-order valence-corrected chi connectivity index (χ1v) is 5.37. The third kappa shape index (κ3) is 3.49. The second-order valence-corrected chi connectivity index (χ2v) is 4.13. The van der Waals surface area contributed by atoms with Crippen molar-refractivity contribution in [1.29, 1.82) is 0 Å². The van der Waals surface area contributed by atoms with E-state index >= 15 is 0 Å². The van der Waals surface area contributed by atoms with Crippen LogP contribution in [-0.4, -0.2) is 16.8 Å².